The van der Waals surface area contributed by atoms with Crippen LogP contribution in [0.5, 0.6) is 0 Å². The number of aromatic nitrogens is 1. The topological polar surface area (TPSA) is 54.5 Å². The predicted molar refractivity (Wildman–Crippen MR) is 103 cm³/mol. The summed E-state index contributed by atoms with van der Waals surface area (Å²) in [5.74, 6) is 0.870. The summed E-state index contributed by atoms with van der Waals surface area (Å²) in [6.45, 7) is 5.30. The molecule has 1 amide bonds. The van der Waals surface area contributed by atoms with Crippen molar-refractivity contribution in [3.05, 3.63) is 59.8 Å². The van der Waals surface area contributed by atoms with Gasteiger partial charge in [0.2, 0.25) is 0 Å². The summed E-state index contributed by atoms with van der Waals surface area (Å²) in [5.41, 5.74) is 2.07. The van der Waals surface area contributed by atoms with Crippen LogP contribution in [0.15, 0.2) is 48.7 Å². The van der Waals surface area contributed by atoms with Crippen molar-refractivity contribution >= 4 is 11.9 Å². The lowest BCUT2D eigenvalue weighted by molar-refractivity contribution is 0.0921. The summed E-state index contributed by atoms with van der Waals surface area (Å²) in [7, 11) is 0. The number of hydrogen-bond donors (Lipinski definition) is 1. The number of likely N-dealkylation sites (tertiary alicyclic amines) is 1. The third-order valence-electron chi connectivity index (χ3n) is 4.89. The van der Waals surface area contributed by atoms with Crippen LogP contribution in [0.25, 0.3) is 0 Å². The predicted octanol–water partition coefficient (Wildman–Crippen LogP) is 4.77. The zero-order chi connectivity index (χ0) is 18.4. The Morgan fingerprint density at radius 2 is 2.12 bits per heavy atom. The Labute approximate surface area is 155 Å². The third-order valence-corrected chi connectivity index (χ3v) is 4.89. The molecule has 0 spiro atoms. The van der Waals surface area contributed by atoms with Gasteiger partial charge in [-0.1, -0.05) is 43.3 Å². The van der Waals surface area contributed by atoms with Crippen LogP contribution >= 0.6 is 0 Å². The first-order valence-corrected chi connectivity index (χ1v) is 9.37. The van der Waals surface area contributed by atoms with Crippen LogP contribution in [0, 0.1) is 0 Å². The fourth-order valence-electron chi connectivity index (χ4n) is 3.25. The van der Waals surface area contributed by atoms with Crippen LogP contribution in [-0.2, 0) is 11.3 Å². The van der Waals surface area contributed by atoms with Crippen molar-refractivity contribution in [2.45, 2.75) is 51.8 Å². The molecule has 1 saturated heterocycles. The maximum Gasteiger partial charge on any atom is 0.410 e. The van der Waals surface area contributed by atoms with Gasteiger partial charge in [-0.2, -0.15) is 0 Å². The molecular weight excluding hydrogens is 326 g/mol. The number of carbonyl (C=O) groups is 1. The Morgan fingerprint density at radius 3 is 2.88 bits per heavy atom. The smallest absolute Gasteiger partial charge is 0.410 e. The van der Waals surface area contributed by atoms with Gasteiger partial charge >= 0.3 is 6.09 Å². The third kappa shape index (κ3) is 4.34. The van der Waals surface area contributed by atoms with E-state index in [9.17, 15) is 4.79 Å². The van der Waals surface area contributed by atoms with E-state index in [-0.39, 0.29) is 12.1 Å². The lowest BCUT2D eigenvalue weighted by atomic mass is 10.1. The maximum atomic E-state index is 12.7. The van der Waals surface area contributed by atoms with Crippen LogP contribution < -0.4 is 5.32 Å². The second-order valence-corrected chi connectivity index (χ2v) is 6.79. The fourth-order valence-corrected chi connectivity index (χ4v) is 3.25. The monoisotopic (exact) mass is 353 g/mol. The Hall–Kier alpha value is -2.56. The van der Waals surface area contributed by atoms with Crippen molar-refractivity contribution in [2.75, 3.05) is 11.9 Å². The molecule has 5 nitrogen and oxygen atoms in total. The van der Waals surface area contributed by atoms with E-state index in [1.54, 1.807) is 6.20 Å². The first kappa shape index (κ1) is 18.2. The zero-order valence-corrected chi connectivity index (χ0v) is 15.5. The molecule has 2 aromatic rings. The summed E-state index contributed by atoms with van der Waals surface area (Å²) in [5, 5.41) is 3.46. The minimum Gasteiger partial charge on any atom is -0.445 e. The second-order valence-electron chi connectivity index (χ2n) is 6.79. The van der Waals surface area contributed by atoms with Gasteiger partial charge < -0.3 is 15.0 Å². The molecule has 1 aliphatic rings. The molecule has 1 N–H and O–H groups in total. The van der Waals surface area contributed by atoms with Crippen molar-refractivity contribution < 1.29 is 9.53 Å². The van der Waals surface area contributed by atoms with Crippen molar-refractivity contribution in [3.63, 3.8) is 0 Å². The summed E-state index contributed by atoms with van der Waals surface area (Å²) >= 11 is 0. The van der Waals surface area contributed by atoms with Crippen molar-refractivity contribution in [2.24, 2.45) is 0 Å². The van der Waals surface area contributed by atoms with E-state index in [1.807, 2.05) is 41.3 Å². The molecule has 138 valence electrons. The minimum atomic E-state index is -0.255. The van der Waals surface area contributed by atoms with Gasteiger partial charge in [0.25, 0.3) is 0 Å². The highest BCUT2D eigenvalue weighted by atomic mass is 16.6. The van der Waals surface area contributed by atoms with Gasteiger partial charge in [-0.3, -0.25) is 0 Å². The number of hydrogen-bond acceptors (Lipinski definition) is 4. The lowest BCUT2D eigenvalue weighted by Gasteiger charge is -2.26. The number of benzene rings is 1. The van der Waals surface area contributed by atoms with E-state index in [0.29, 0.717) is 12.6 Å². The average molecular weight is 353 g/mol. The largest absolute Gasteiger partial charge is 0.445 e. The van der Waals surface area contributed by atoms with E-state index in [1.165, 1.54) is 0 Å². The van der Waals surface area contributed by atoms with Gasteiger partial charge in [0.1, 0.15) is 12.4 Å². The molecule has 26 heavy (non-hydrogen) atoms. The van der Waals surface area contributed by atoms with E-state index < -0.39 is 0 Å². The molecular formula is C21H27N3O2. The van der Waals surface area contributed by atoms with Gasteiger partial charge in [0.05, 0.1) is 6.04 Å². The molecule has 1 aromatic heterocycles. The van der Waals surface area contributed by atoms with Crippen molar-refractivity contribution in [3.8, 4) is 0 Å². The molecule has 0 unspecified atom stereocenters. The Kier molecular flexibility index (Phi) is 6.10. The summed E-state index contributed by atoms with van der Waals surface area (Å²) < 4.78 is 5.55. The van der Waals surface area contributed by atoms with Crippen LogP contribution in [0.1, 0.15) is 50.3 Å². The van der Waals surface area contributed by atoms with Crippen LogP contribution in [-0.4, -0.2) is 28.6 Å². The quantitative estimate of drug-likeness (QED) is 0.813. The molecule has 0 bridgehead atoms. The number of nitrogens with zero attached hydrogens (tertiary/aromatic N) is 2. The van der Waals surface area contributed by atoms with Crippen LogP contribution in [0.2, 0.25) is 0 Å². The molecule has 1 aliphatic heterocycles. The molecule has 2 atom stereocenters. The number of amides is 1. The highest BCUT2D eigenvalue weighted by molar-refractivity contribution is 5.69. The molecule has 1 aromatic carbocycles. The highest BCUT2D eigenvalue weighted by Gasteiger charge is 2.33. The Bertz CT molecular complexity index is 720. The number of ether oxygens (including phenoxy) is 1. The molecule has 5 heteroatoms. The molecule has 0 aliphatic carbocycles. The fraction of sp³-hybridized carbons (Fsp3) is 0.429. The van der Waals surface area contributed by atoms with E-state index in [4.69, 9.17) is 4.74 Å². The SMILES string of the molecule is CC[C@@H](C)Nc1ncccc1[C@@H]1CCCN1C(=O)OCc1ccccc1. The number of rotatable bonds is 6. The summed E-state index contributed by atoms with van der Waals surface area (Å²) in [6.07, 6.45) is 4.46. The minimum absolute atomic E-state index is 0.0125. The Balaban J connectivity index is 1.71. The molecule has 3 rings (SSSR count). The molecule has 0 saturated carbocycles. The standard InChI is InChI=1S/C21H27N3O2/c1-3-16(2)23-20-18(11-7-13-22-20)19-12-8-14-24(19)21(25)26-15-17-9-5-4-6-10-17/h4-7,9-11,13,16,19H,3,8,12,14-15H2,1-2H3,(H,22,23)/t16-,19+/m1/s1. The number of anilines is 1. The highest BCUT2D eigenvalue weighted by Crippen LogP contribution is 2.35. The normalized spacial score (nSPS) is 17.8. The first-order chi connectivity index (χ1) is 12.7. The average Bonchev–Trinajstić information content (AvgIpc) is 3.17. The van der Waals surface area contributed by atoms with Gasteiger partial charge in [0.15, 0.2) is 0 Å². The van der Waals surface area contributed by atoms with Gasteiger partial charge in [-0.05, 0) is 37.8 Å². The van der Waals surface area contributed by atoms with Gasteiger partial charge in [0, 0.05) is 24.3 Å². The van der Waals surface area contributed by atoms with E-state index >= 15 is 0 Å². The Morgan fingerprint density at radius 1 is 1.31 bits per heavy atom. The zero-order valence-electron chi connectivity index (χ0n) is 15.5. The number of nitrogens with one attached hydrogen (secondary N) is 1. The maximum absolute atomic E-state index is 12.7. The van der Waals surface area contributed by atoms with Gasteiger partial charge in [-0.25, -0.2) is 9.78 Å². The number of pyridine rings is 1. The van der Waals surface area contributed by atoms with Crippen molar-refractivity contribution in [1.29, 1.82) is 0 Å². The lowest BCUT2D eigenvalue weighted by Crippen LogP contribution is -2.31. The van der Waals surface area contributed by atoms with Crippen LogP contribution in [0.4, 0.5) is 10.6 Å². The first-order valence-electron chi connectivity index (χ1n) is 9.37. The van der Waals surface area contributed by atoms with Crippen LogP contribution in [0.3, 0.4) is 0 Å². The molecule has 2 heterocycles. The van der Waals surface area contributed by atoms with E-state index in [2.05, 4.69) is 30.2 Å². The molecule has 1 fully saturated rings. The second kappa shape index (κ2) is 8.70. The van der Waals surface area contributed by atoms with Crippen molar-refractivity contribution in [1.82, 2.24) is 9.88 Å². The van der Waals surface area contributed by atoms with Gasteiger partial charge in [-0.15, -0.1) is 0 Å². The van der Waals surface area contributed by atoms with E-state index in [0.717, 1.165) is 42.8 Å². The summed E-state index contributed by atoms with van der Waals surface area (Å²) in [4.78, 5) is 19.0. The molecule has 0 radical (unpaired) electrons. The summed E-state index contributed by atoms with van der Waals surface area (Å²) in [6, 6.07) is 14.1. The number of carbonyl (C=O) groups excluding carboxylic acids is 1.